The zero-order chi connectivity index (χ0) is 13.1. The number of carbonyl (C=O) groups is 1. The van der Waals surface area contributed by atoms with Gasteiger partial charge in [-0.15, -0.1) is 0 Å². The zero-order valence-electron chi connectivity index (χ0n) is 10.9. The molecule has 2 rings (SSSR count). The van der Waals surface area contributed by atoms with Gasteiger partial charge in [0.1, 0.15) is 0 Å². The van der Waals surface area contributed by atoms with E-state index >= 15 is 0 Å². The SMILES string of the molecule is Cc1cc(CN)ccc1N1CCC(C(N)=O)CC1. The number of hydrogen-bond donors (Lipinski definition) is 2. The maximum absolute atomic E-state index is 11.1. The number of amides is 1. The first-order chi connectivity index (χ1) is 8.61. The average molecular weight is 247 g/mol. The molecule has 0 unspecified atom stereocenters. The van der Waals surface area contributed by atoms with Crippen molar-refractivity contribution in [2.24, 2.45) is 17.4 Å². The molecule has 0 atom stereocenters. The van der Waals surface area contributed by atoms with Crippen LogP contribution in [0.15, 0.2) is 18.2 Å². The first-order valence-corrected chi connectivity index (χ1v) is 6.45. The van der Waals surface area contributed by atoms with Gasteiger partial charge in [-0.1, -0.05) is 12.1 Å². The van der Waals surface area contributed by atoms with E-state index in [1.165, 1.54) is 11.3 Å². The predicted octanol–water partition coefficient (Wildman–Crippen LogP) is 1.16. The molecule has 1 fully saturated rings. The molecule has 4 nitrogen and oxygen atoms in total. The third kappa shape index (κ3) is 2.64. The number of aryl methyl sites for hydroxylation is 1. The van der Waals surface area contributed by atoms with Crippen molar-refractivity contribution in [3.05, 3.63) is 29.3 Å². The van der Waals surface area contributed by atoms with Crippen LogP contribution in [0.3, 0.4) is 0 Å². The number of anilines is 1. The van der Waals surface area contributed by atoms with Gasteiger partial charge in [0.2, 0.25) is 5.91 Å². The fourth-order valence-electron chi connectivity index (χ4n) is 2.60. The lowest BCUT2D eigenvalue weighted by molar-refractivity contribution is -0.122. The van der Waals surface area contributed by atoms with Gasteiger partial charge in [-0.3, -0.25) is 4.79 Å². The number of rotatable bonds is 3. The quantitative estimate of drug-likeness (QED) is 0.841. The normalized spacial score (nSPS) is 16.9. The Bertz CT molecular complexity index is 437. The minimum atomic E-state index is -0.162. The molecule has 1 amide bonds. The topological polar surface area (TPSA) is 72.3 Å². The molecule has 1 aromatic carbocycles. The maximum Gasteiger partial charge on any atom is 0.220 e. The van der Waals surface area contributed by atoms with Crippen LogP contribution in [0, 0.1) is 12.8 Å². The Balaban J connectivity index is 2.07. The largest absolute Gasteiger partial charge is 0.371 e. The molecule has 0 saturated carbocycles. The molecule has 1 aliphatic heterocycles. The molecule has 0 radical (unpaired) electrons. The minimum absolute atomic E-state index is 0.0462. The Morgan fingerprint density at radius 1 is 1.39 bits per heavy atom. The van der Waals surface area contributed by atoms with Crippen LogP contribution in [0.2, 0.25) is 0 Å². The van der Waals surface area contributed by atoms with E-state index in [-0.39, 0.29) is 11.8 Å². The van der Waals surface area contributed by atoms with Gasteiger partial charge < -0.3 is 16.4 Å². The molecule has 1 aromatic rings. The van der Waals surface area contributed by atoms with E-state index in [0.717, 1.165) is 31.5 Å². The van der Waals surface area contributed by atoms with E-state index in [9.17, 15) is 4.79 Å². The lowest BCUT2D eigenvalue weighted by Crippen LogP contribution is -2.38. The van der Waals surface area contributed by atoms with Crippen LogP contribution in [-0.2, 0) is 11.3 Å². The first kappa shape index (κ1) is 12.9. The maximum atomic E-state index is 11.1. The lowest BCUT2D eigenvalue weighted by atomic mass is 9.95. The molecule has 1 saturated heterocycles. The molecule has 0 aliphatic carbocycles. The molecular formula is C14H21N3O. The van der Waals surface area contributed by atoms with Gasteiger partial charge in [-0.2, -0.15) is 0 Å². The second-order valence-electron chi connectivity index (χ2n) is 4.99. The summed E-state index contributed by atoms with van der Waals surface area (Å²) >= 11 is 0. The van der Waals surface area contributed by atoms with Gasteiger partial charge in [-0.05, 0) is 37.0 Å². The van der Waals surface area contributed by atoms with Crippen LogP contribution in [0.25, 0.3) is 0 Å². The van der Waals surface area contributed by atoms with E-state index < -0.39 is 0 Å². The van der Waals surface area contributed by atoms with Gasteiger partial charge in [0, 0.05) is 31.2 Å². The summed E-state index contributed by atoms with van der Waals surface area (Å²) in [7, 11) is 0. The summed E-state index contributed by atoms with van der Waals surface area (Å²) in [5.41, 5.74) is 14.6. The Kier molecular flexibility index (Phi) is 3.87. The number of nitrogens with zero attached hydrogens (tertiary/aromatic N) is 1. The van der Waals surface area contributed by atoms with Crippen molar-refractivity contribution < 1.29 is 4.79 Å². The van der Waals surface area contributed by atoms with Crippen molar-refractivity contribution in [1.82, 2.24) is 0 Å². The molecule has 1 heterocycles. The molecular weight excluding hydrogens is 226 g/mol. The monoisotopic (exact) mass is 247 g/mol. The standard InChI is InChI=1S/C14H21N3O/c1-10-8-11(9-15)2-3-13(10)17-6-4-12(5-7-17)14(16)18/h2-3,8,12H,4-7,9,15H2,1H3,(H2,16,18). The summed E-state index contributed by atoms with van der Waals surface area (Å²) in [6.45, 7) is 4.48. The molecule has 0 spiro atoms. The van der Waals surface area contributed by atoms with Crippen molar-refractivity contribution in [3.8, 4) is 0 Å². The van der Waals surface area contributed by atoms with Gasteiger partial charge in [0.15, 0.2) is 0 Å². The van der Waals surface area contributed by atoms with Crippen LogP contribution in [-0.4, -0.2) is 19.0 Å². The molecule has 4 heteroatoms. The van der Waals surface area contributed by atoms with Crippen molar-refractivity contribution in [2.75, 3.05) is 18.0 Å². The molecule has 0 bridgehead atoms. The summed E-state index contributed by atoms with van der Waals surface area (Å²) in [4.78, 5) is 13.5. The summed E-state index contributed by atoms with van der Waals surface area (Å²) < 4.78 is 0. The second kappa shape index (κ2) is 5.40. The number of nitrogens with two attached hydrogens (primary N) is 2. The summed E-state index contributed by atoms with van der Waals surface area (Å²) in [6.07, 6.45) is 1.71. The Morgan fingerprint density at radius 2 is 2.06 bits per heavy atom. The highest BCUT2D eigenvalue weighted by atomic mass is 16.1. The minimum Gasteiger partial charge on any atom is -0.371 e. The van der Waals surface area contributed by atoms with Crippen molar-refractivity contribution in [2.45, 2.75) is 26.3 Å². The zero-order valence-corrected chi connectivity index (χ0v) is 10.9. The average Bonchev–Trinajstić information content (AvgIpc) is 2.38. The van der Waals surface area contributed by atoms with E-state index in [1.54, 1.807) is 0 Å². The lowest BCUT2D eigenvalue weighted by Gasteiger charge is -2.33. The molecule has 18 heavy (non-hydrogen) atoms. The van der Waals surface area contributed by atoms with Crippen LogP contribution in [0.4, 0.5) is 5.69 Å². The Hall–Kier alpha value is -1.55. The van der Waals surface area contributed by atoms with Crippen LogP contribution in [0.5, 0.6) is 0 Å². The fraction of sp³-hybridized carbons (Fsp3) is 0.500. The number of piperidine rings is 1. The van der Waals surface area contributed by atoms with E-state index in [4.69, 9.17) is 11.5 Å². The summed E-state index contributed by atoms with van der Waals surface area (Å²) in [5.74, 6) is -0.116. The van der Waals surface area contributed by atoms with Crippen molar-refractivity contribution in [1.29, 1.82) is 0 Å². The number of carbonyl (C=O) groups excluding carboxylic acids is 1. The third-order valence-electron chi connectivity index (χ3n) is 3.73. The fourth-order valence-corrected chi connectivity index (χ4v) is 2.60. The van der Waals surface area contributed by atoms with E-state index in [0.29, 0.717) is 6.54 Å². The number of benzene rings is 1. The smallest absolute Gasteiger partial charge is 0.220 e. The van der Waals surface area contributed by atoms with Gasteiger partial charge in [-0.25, -0.2) is 0 Å². The molecule has 4 N–H and O–H groups in total. The molecule has 1 aliphatic rings. The summed E-state index contributed by atoms with van der Waals surface area (Å²) in [6, 6.07) is 6.33. The highest BCUT2D eigenvalue weighted by molar-refractivity contribution is 5.77. The first-order valence-electron chi connectivity index (χ1n) is 6.45. The molecule has 0 aromatic heterocycles. The van der Waals surface area contributed by atoms with Crippen LogP contribution >= 0.6 is 0 Å². The Labute approximate surface area is 108 Å². The predicted molar refractivity (Wildman–Crippen MR) is 73.2 cm³/mol. The van der Waals surface area contributed by atoms with Gasteiger partial charge in [0.25, 0.3) is 0 Å². The van der Waals surface area contributed by atoms with Crippen molar-refractivity contribution >= 4 is 11.6 Å². The van der Waals surface area contributed by atoms with Crippen LogP contribution in [0.1, 0.15) is 24.0 Å². The number of primary amides is 1. The number of hydrogen-bond acceptors (Lipinski definition) is 3. The van der Waals surface area contributed by atoms with E-state index in [2.05, 4.69) is 30.0 Å². The highest BCUT2D eigenvalue weighted by Crippen LogP contribution is 2.26. The van der Waals surface area contributed by atoms with Crippen molar-refractivity contribution in [3.63, 3.8) is 0 Å². The second-order valence-corrected chi connectivity index (χ2v) is 4.99. The molecule has 98 valence electrons. The van der Waals surface area contributed by atoms with Crippen LogP contribution < -0.4 is 16.4 Å². The third-order valence-corrected chi connectivity index (χ3v) is 3.73. The van der Waals surface area contributed by atoms with E-state index in [1.807, 2.05) is 0 Å². The highest BCUT2D eigenvalue weighted by Gasteiger charge is 2.23. The Morgan fingerprint density at radius 3 is 2.56 bits per heavy atom. The summed E-state index contributed by atoms with van der Waals surface area (Å²) in [5, 5.41) is 0. The van der Waals surface area contributed by atoms with Gasteiger partial charge in [0.05, 0.1) is 0 Å². The van der Waals surface area contributed by atoms with Gasteiger partial charge >= 0.3 is 0 Å².